The minimum Gasteiger partial charge on any atom is -0.306 e. The summed E-state index contributed by atoms with van der Waals surface area (Å²) in [6.45, 7) is 11.5. The second kappa shape index (κ2) is 45.1. The van der Waals surface area contributed by atoms with Crippen LogP contribution in [0.3, 0.4) is 0 Å². The van der Waals surface area contributed by atoms with Gasteiger partial charge in [-0.3, -0.25) is 18.3 Å². The lowest BCUT2D eigenvalue weighted by atomic mass is 9.87. The molecule has 16 aromatic rings. The van der Waals surface area contributed by atoms with Gasteiger partial charge in [0, 0.05) is 100 Å². The Hall–Kier alpha value is -13.0. The first-order valence-electron chi connectivity index (χ1n) is 48.0. The SMILES string of the molecule is O=c1[nH]c2ccccc2n1C1CCN(CCCC(c2ccc(F)cc2)c2ccc(F)cc2)CC1.O=c1[nH]c2ccccc2n1C1CCN(CCCC(c2ccc(F)cc2)c2ccc(F)cc2)CC1.O=c1[nH]c2ccccc2n1C1CCN(CCCC(c2ccc(F)cc2)c2ccc(F)cc2)CC1.O=c1[nH]c2ccccc2n1C1CCN(CCCC(c2ccc(F)cc2)c2ccc(F)cc2)CC1. The van der Waals surface area contributed by atoms with Gasteiger partial charge >= 0.3 is 22.8 Å². The largest absolute Gasteiger partial charge is 0.326 e. The van der Waals surface area contributed by atoms with E-state index in [0.717, 1.165) is 270 Å². The first-order valence-corrected chi connectivity index (χ1v) is 48.0. The van der Waals surface area contributed by atoms with Crippen molar-refractivity contribution >= 4 is 44.1 Å². The number of nitrogens with zero attached hydrogens (tertiary/aromatic N) is 8. The predicted molar refractivity (Wildman–Crippen MR) is 525 cm³/mol. The Labute approximate surface area is 785 Å². The predicted octanol–water partition coefficient (Wildman–Crippen LogP) is 23.4. The van der Waals surface area contributed by atoms with Crippen LogP contribution in [0.5, 0.6) is 0 Å². The molecule has 0 atom stereocenters. The van der Waals surface area contributed by atoms with E-state index in [-0.39, 0.29) is 117 Å². The summed E-state index contributed by atoms with van der Waals surface area (Å²) in [6.07, 6.45) is 15.1. The zero-order valence-corrected chi connectivity index (χ0v) is 76.4. The number of aromatic nitrogens is 8. The molecule has 4 saturated heterocycles. The van der Waals surface area contributed by atoms with Gasteiger partial charge in [-0.2, -0.15) is 0 Å². The lowest BCUT2D eigenvalue weighted by Gasteiger charge is -2.32. The Morgan fingerprint density at radius 1 is 0.213 bits per heavy atom. The van der Waals surface area contributed by atoms with Crippen molar-refractivity contribution in [2.45, 2.75) is 151 Å². The van der Waals surface area contributed by atoms with E-state index in [0.29, 0.717) is 0 Å². The standard InChI is InChI=1S/4C28H29F2N3O/c4*29-22-11-7-20(8-12-22)25(21-9-13-23(30)14-10-21)4-3-17-32-18-15-24(16-19-32)33-27-6-2-1-5-26(27)31-28(33)34/h4*1-2,5-14,24-25H,3-4,15-19H2,(H,31,34). The third-order valence-electron chi connectivity index (χ3n) is 28.2. The minimum absolute atomic E-state index is 0.0268. The van der Waals surface area contributed by atoms with Gasteiger partial charge in [-0.1, -0.05) is 146 Å². The van der Waals surface area contributed by atoms with Crippen LogP contribution < -0.4 is 22.8 Å². The number of likely N-dealkylation sites (tertiary alicyclic amines) is 4. The molecule has 20 rings (SSSR count). The zero-order chi connectivity index (χ0) is 94.0. The molecule has 0 radical (unpaired) electrons. The number of fused-ring (bicyclic) bond motifs is 4. The van der Waals surface area contributed by atoms with Crippen LogP contribution in [0.15, 0.2) is 310 Å². The minimum atomic E-state index is -0.251. The van der Waals surface area contributed by atoms with E-state index in [1.165, 1.54) is 97.1 Å². The number of imidazole rings is 4. The molecule has 0 unspecified atom stereocenters. The molecule has 4 aliphatic rings. The van der Waals surface area contributed by atoms with Crippen molar-refractivity contribution < 1.29 is 35.1 Å². The first kappa shape index (κ1) is 94.8. The Balaban J connectivity index is 0.000000126. The molecule has 12 aromatic carbocycles. The van der Waals surface area contributed by atoms with Crippen LogP contribution in [0, 0.1) is 46.5 Å². The van der Waals surface area contributed by atoms with Crippen molar-refractivity contribution in [2.24, 2.45) is 0 Å². The fraction of sp³-hybridized carbons (Fsp3) is 0.321. The number of H-pyrrole nitrogens is 4. The number of benzene rings is 12. The van der Waals surface area contributed by atoms with Crippen LogP contribution >= 0.6 is 0 Å². The number of hydrogen-bond acceptors (Lipinski definition) is 8. The molecule has 0 spiro atoms. The summed E-state index contributed by atoms with van der Waals surface area (Å²) < 4.78 is 115. The van der Waals surface area contributed by atoms with Crippen LogP contribution in [0.1, 0.15) is 195 Å². The Kier molecular flexibility index (Phi) is 31.4. The highest BCUT2D eigenvalue weighted by atomic mass is 19.2. The second-order valence-corrected chi connectivity index (χ2v) is 36.8. The van der Waals surface area contributed by atoms with E-state index in [1.54, 1.807) is 0 Å². The summed E-state index contributed by atoms with van der Waals surface area (Å²) in [4.78, 5) is 71.8. The number of aromatic amines is 4. The number of piperidine rings is 4. The van der Waals surface area contributed by atoms with E-state index < -0.39 is 0 Å². The highest BCUT2D eigenvalue weighted by molar-refractivity contribution is 5.77. The van der Waals surface area contributed by atoms with Crippen molar-refractivity contribution in [3.63, 3.8) is 0 Å². The van der Waals surface area contributed by atoms with E-state index in [2.05, 4.69) is 39.5 Å². The van der Waals surface area contributed by atoms with Gasteiger partial charge in [0.25, 0.3) is 0 Å². The monoisotopic (exact) mass is 1840 g/mol. The maximum Gasteiger partial charge on any atom is 0.326 e. The quantitative estimate of drug-likeness (QED) is 0.0352. The molecule has 8 heterocycles. The van der Waals surface area contributed by atoms with Crippen molar-refractivity contribution in [1.29, 1.82) is 0 Å². The van der Waals surface area contributed by atoms with Gasteiger partial charge in [-0.25, -0.2) is 54.3 Å². The van der Waals surface area contributed by atoms with Gasteiger partial charge in [0.1, 0.15) is 46.5 Å². The molecule has 0 saturated carbocycles. The fourth-order valence-corrected chi connectivity index (χ4v) is 21.1. The molecular formula is C112H116F8N12O4. The summed E-state index contributed by atoms with van der Waals surface area (Å²) in [7, 11) is 0. The summed E-state index contributed by atoms with van der Waals surface area (Å²) in [5.41, 5.74) is 15.7. The smallest absolute Gasteiger partial charge is 0.306 e. The van der Waals surface area contributed by atoms with Crippen molar-refractivity contribution in [3.05, 3.63) is 424 Å². The fourth-order valence-electron chi connectivity index (χ4n) is 21.1. The van der Waals surface area contributed by atoms with Gasteiger partial charge in [-0.15, -0.1) is 0 Å². The molecule has 0 amide bonds. The van der Waals surface area contributed by atoms with Gasteiger partial charge in [-0.05, 0) is 319 Å². The molecule has 0 aliphatic carbocycles. The molecule has 4 aromatic heterocycles. The van der Waals surface area contributed by atoms with E-state index in [9.17, 15) is 54.3 Å². The maximum absolute atomic E-state index is 13.5. The topological polar surface area (TPSA) is 164 Å². The Bertz CT molecular complexity index is 5780. The van der Waals surface area contributed by atoms with Gasteiger partial charge in [0.2, 0.25) is 0 Å². The number of halogens is 8. The zero-order valence-electron chi connectivity index (χ0n) is 76.4. The molecule has 24 heteroatoms. The summed E-state index contributed by atoms with van der Waals surface area (Å²) in [5.74, 6) is -1.61. The maximum atomic E-state index is 13.5. The molecule has 136 heavy (non-hydrogen) atoms. The normalized spacial score (nSPS) is 15.4. The van der Waals surface area contributed by atoms with Crippen LogP contribution in [-0.2, 0) is 0 Å². The van der Waals surface area contributed by atoms with E-state index in [4.69, 9.17) is 0 Å². The Morgan fingerprint density at radius 3 is 0.515 bits per heavy atom. The number of hydrogen-bond donors (Lipinski definition) is 4. The van der Waals surface area contributed by atoms with Crippen molar-refractivity contribution in [1.82, 2.24) is 57.8 Å². The molecule has 4 fully saturated rings. The van der Waals surface area contributed by atoms with Crippen LogP contribution in [-0.4, -0.2) is 136 Å². The number of rotatable bonds is 28. The lowest BCUT2D eigenvalue weighted by molar-refractivity contribution is 0.183. The van der Waals surface area contributed by atoms with Crippen molar-refractivity contribution in [2.75, 3.05) is 78.5 Å². The van der Waals surface area contributed by atoms with E-state index >= 15 is 0 Å². The third-order valence-corrected chi connectivity index (χ3v) is 28.2. The first-order chi connectivity index (χ1) is 66.3. The van der Waals surface area contributed by atoms with Crippen LogP contribution in [0.25, 0.3) is 44.1 Å². The van der Waals surface area contributed by atoms with Crippen LogP contribution in [0.4, 0.5) is 35.1 Å². The average Bonchev–Trinajstić information content (AvgIpc) is 1.65. The van der Waals surface area contributed by atoms with Crippen LogP contribution in [0.2, 0.25) is 0 Å². The number of nitrogens with one attached hydrogen (secondary N) is 4. The molecule has 704 valence electrons. The Morgan fingerprint density at radius 2 is 0.360 bits per heavy atom. The third kappa shape index (κ3) is 23.7. The molecule has 4 aliphatic heterocycles. The lowest BCUT2D eigenvalue weighted by Crippen LogP contribution is -2.37. The van der Waals surface area contributed by atoms with Gasteiger partial charge in [0.05, 0.1) is 44.1 Å². The highest BCUT2D eigenvalue weighted by Gasteiger charge is 2.31. The molecular weight excluding hydrogens is 1730 g/mol. The van der Waals surface area contributed by atoms with Gasteiger partial charge in [0.15, 0.2) is 0 Å². The van der Waals surface area contributed by atoms with E-state index in [1.807, 2.05) is 212 Å². The molecule has 4 N–H and O–H groups in total. The summed E-state index contributed by atoms with van der Waals surface area (Å²) in [5, 5.41) is 0. The second-order valence-electron chi connectivity index (χ2n) is 36.8. The summed E-state index contributed by atoms with van der Waals surface area (Å²) in [6, 6.07) is 85.4. The molecule has 16 nitrogen and oxygen atoms in total. The average molecular weight is 1850 g/mol. The highest BCUT2D eigenvalue weighted by Crippen LogP contribution is 2.38. The van der Waals surface area contributed by atoms with Gasteiger partial charge < -0.3 is 39.5 Å². The molecule has 0 bridgehead atoms. The number of para-hydroxylation sites is 8. The summed E-state index contributed by atoms with van der Waals surface area (Å²) >= 11 is 0. The van der Waals surface area contributed by atoms with Crippen molar-refractivity contribution in [3.8, 4) is 0 Å².